The van der Waals surface area contributed by atoms with Crippen LogP contribution >= 0.6 is 0 Å². The van der Waals surface area contributed by atoms with Crippen molar-refractivity contribution in [3.8, 4) is 0 Å². The smallest absolute Gasteiger partial charge is 0.112 e. The molecule has 2 unspecified atom stereocenters. The van der Waals surface area contributed by atoms with E-state index in [1.807, 2.05) is 6.08 Å². The molecule has 0 aromatic heterocycles. The first-order valence-electron chi connectivity index (χ1n) is 7.90. The van der Waals surface area contributed by atoms with Gasteiger partial charge in [-0.2, -0.15) is 10.2 Å². The van der Waals surface area contributed by atoms with Crippen LogP contribution in [0, 0.1) is 5.92 Å². The number of unbranched alkanes of at least 4 members (excludes halogenated alkanes) is 1. The lowest BCUT2D eigenvalue weighted by atomic mass is 9.91. The minimum absolute atomic E-state index is 0.0578. The van der Waals surface area contributed by atoms with Crippen LogP contribution in [0.25, 0.3) is 0 Å². The molecule has 6 N–H and O–H groups in total. The number of azo groups is 1. The van der Waals surface area contributed by atoms with Crippen LogP contribution < -0.4 is 16.8 Å². The van der Waals surface area contributed by atoms with Crippen molar-refractivity contribution in [1.82, 2.24) is 10.2 Å². The highest BCUT2D eigenvalue weighted by molar-refractivity contribution is 5.12. The zero-order valence-electron chi connectivity index (χ0n) is 12.6. The van der Waals surface area contributed by atoms with Crippen LogP contribution in [-0.2, 0) is 0 Å². The van der Waals surface area contributed by atoms with Crippen LogP contribution in [0.2, 0.25) is 0 Å². The summed E-state index contributed by atoms with van der Waals surface area (Å²) >= 11 is 0. The summed E-state index contributed by atoms with van der Waals surface area (Å²) in [5, 5.41) is 22.5. The summed E-state index contributed by atoms with van der Waals surface area (Å²) in [4.78, 5) is 2.13. The zero-order chi connectivity index (χ0) is 15.1. The van der Waals surface area contributed by atoms with Crippen molar-refractivity contribution < 1.29 is 5.11 Å². The molecule has 0 amide bonds. The minimum Gasteiger partial charge on any atom is -0.378 e. The Kier molecular flexibility index (Phi) is 6.72. The molecule has 0 radical (unpaired) electrons. The lowest BCUT2D eigenvalue weighted by Crippen LogP contribution is -2.52. The molecule has 21 heavy (non-hydrogen) atoms. The standard InChI is InChI=1S/C14H28N6O/c15-4-2-1-3-12(13-9-11(10-16)18-19-13)14(21)20-7-5-17-6-8-20/h9,12-14,17,21H,1-8,10,15-16H2/t12-,13?,14?/m1/s1. The van der Waals surface area contributed by atoms with Crippen molar-refractivity contribution >= 4 is 0 Å². The number of rotatable bonds is 8. The monoisotopic (exact) mass is 296 g/mol. The van der Waals surface area contributed by atoms with Gasteiger partial charge in [-0.15, -0.1) is 0 Å². The maximum atomic E-state index is 10.8. The molecule has 2 rings (SSSR count). The fourth-order valence-electron chi connectivity index (χ4n) is 2.96. The van der Waals surface area contributed by atoms with Gasteiger partial charge in [-0.1, -0.05) is 6.42 Å². The molecule has 2 aliphatic rings. The Hall–Kier alpha value is -0.860. The van der Waals surface area contributed by atoms with E-state index in [-0.39, 0.29) is 12.0 Å². The number of piperazine rings is 1. The molecule has 2 heterocycles. The third-order valence-corrected chi connectivity index (χ3v) is 4.23. The van der Waals surface area contributed by atoms with Gasteiger partial charge in [0.2, 0.25) is 0 Å². The van der Waals surface area contributed by atoms with Crippen molar-refractivity contribution in [1.29, 1.82) is 0 Å². The largest absolute Gasteiger partial charge is 0.378 e. The van der Waals surface area contributed by atoms with Crippen LogP contribution in [0.4, 0.5) is 0 Å². The molecule has 1 fully saturated rings. The average Bonchev–Trinajstić information content (AvgIpc) is 3.00. The first-order valence-corrected chi connectivity index (χ1v) is 7.90. The molecular formula is C14H28N6O. The average molecular weight is 296 g/mol. The molecule has 0 saturated carbocycles. The third-order valence-electron chi connectivity index (χ3n) is 4.23. The Balaban J connectivity index is 2.00. The highest BCUT2D eigenvalue weighted by Crippen LogP contribution is 2.27. The van der Waals surface area contributed by atoms with Crippen LogP contribution in [0.1, 0.15) is 19.3 Å². The number of nitrogens with zero attached hydrogens (tertiary/aromatic N) is 3. The third kappa shape index (κ3) is 4.55. The Morgan fingerprint density at radius 2 is 2.10 bits per heavy atom. The molecule has 7 heteroatoms. The number of hydrogen-bond donors (Lipinski definition) is 4. The highest BCUT2D eigenvalue weighted by atomic mass is 16.3. The predicted molar refractivity (Wildman–Crippen MR) is 82.6 cm³/mol. The van der Waals surface area contributed by atoms with Crippen LogP contribution in [0.3, 0.4) is 0 Å². The SMILES string of the molecule is NCCCC[C@H](C1C=C(CN)N=N1)C(O)N1CCNCC1. The molecule has 0 aromatic carbocycles. The highest BCUT2D eigenvalue weighted by Gasteiger charge is 2.33. The van der Waals surface area contributed by atoms with E-state index in [0.29, 0.717) is 13.1 Å². The van der Waals surface area contributed by atoms with Gasteiger partial charge >= 0.3 is 0 Å². The Morgan fingerprint density at radius 1 is 1.33 bits per heavy atom. The maximum Gasteiger partial charge on any atom is 0.112 e. The summed E-state index contributed by atoms with van der Waals surface area (Å²) in [6, 6.07) is -0.0637. The second kappa shape index (κ2) is 8.55. The van der Waals surface area contributed by atoms with Crippen molar-refractivity contribution in [2.75, 3.05) is 39.3 Å². The predicted octanol–water partition coefficient (Wildman–Crippen LogP) is -0.368. The van der Waals surface area contributed by atoms with E-state index in [2.05, 4.69) is 20.4 Å². The van der Waals surface area contributed by atoms with E-state index in [1.165, 1.54) is 0 Å². The fraction of sp³-hybridized carbons (Fsp3) is 0.857. The van der Waals surface area contributed by atoms with Gasteiger partial charge < -0.3 is 21.9 Å². The van der Waals surface area contributed by atoms with Gasteiger partial charge in [-0.25, -0.2) is 0 Å². The first kappa shape index (κ1) is 16.5. The number of aliphatic hydroxyl groups excluding tert-OH is 1. The van der Waals surface area contributed by atoms with Crippen molar-refractivity contribution in [2.45, 2.75) is 31.5 Å². The molecule has 1 saturated heterocycles. The van der Waals surface area contributed by atoms with Crippen molar-refractivity contribution in [2.24, 2.45) is 27.6 Å². The van der Waals surface area contributed by atoms with Gasteiger partial charge in [0.15, 0.2) is 0 Å². The molecule has 0 aliphatic carbocycles. The summed E-state index contributed by atoms with van der Waals surface area (Å²) in [5.74, 6) is 0.0578. The maximum absolute atomic E-state index is 10.8. The molecule has 3 atom stereocenters. The van der Waals surface area contributed by atoms with Crippen LogP contribution in [0.5, 0.6) is 0 Å². The molecule has 0 aromatic rings. The zero-order valence-corrected chi connectivity index (χ0v) is 12.6. The number of aliphatic hydroxyl groups is 1. The van der Waals surface area contributed by atoms with Gasteiger partial charge in [0.1, 0.15) is 6.23 Å². The minimum atomic E-state index is -0.484. The van der Waals surface area contributed by atoms with E-state index in [4.69, 9.17) is 11.5 Å². The molecule has 7 nitrogen and oxygen atoms in total. The summed E-state index contributed by atoms with van der Waals surface area (Å²) < 4.78 is 0. The van der Waals surface area contributed by atoms with E-state index in [1.54, 1.807) is 0 Å². The lowest BCUT2D eigenvalue weighted by molar-refractivity contribution is -0.0517. The topological polar surface area (TPSA) is 112 Å². The Morgan fingerprint density at radius 3 is 2.71 bits per heavy atom. The number of nitrogens with one attached hydrogen (secondary N) is 1. The normalized spacial score (nSPS) is 25.9. The molecule has 0 bridgehead atoms. The van der Waals surface area contributed by atoms with Gasteiger partial charge in [0.05, 0.1) is 11.7 Å². The van der Waals surface area contributed by atoms with E-state index >= 15 is 0 Å². The fourth-order valence-corrected chi connectivity index (χ4v) is 2.96. The van der Waals surface area contributed by atoms with E-state index in [9.17, 15) is 5.11 Å². The number of hydrogen-bond acceptors (Lipinski definition) is 7. The van der Waals surface area contributed by atoms with Crippen LogP contribution in [0.15, 0.2) is 22.0 Å². The second-order valence-corrected chi connectivity index (χ2v) is 5.72. The molecule has 120 valence electrons. The van der Waals surface area contributed by atoms with E-state index in [0.717, 1.165) is 51.1 Å². The summed E-state index contributed by atoms with van der Waals surface area (Å²) in [6.45, 7) is 4.66. The Bertz CT molecular complexity index is 366. The first-order chi connectivity index (χ1) is 10.3. The molecular weight excluding hydrogens is 268 g/mol. The van der Waals surface area contributed by atoms with E-state index < -0.39 is 6.23 Å². The molecule has 2 aliphatic heterocycles. The molecule has 0 spiro atoms. The van der Waals surface area contributed by atoms with Gasteiger partial charge in [0.25, 0.3) is 0 Å². The van der Waals surface area contributed by atoms with Crippen molar-refractivity contribution in [3.05, 3.63) is 11.8 Å². The van der Waals surface area contributed by atoms with Crippen LogP contribution in [-0.4, -0.2) is 61.5 Å². The van der Waals surface area contributed by atoms with Gasteiger partial charge in [-0.05, 0) is 25.5 Å². The summed E-state index contributed by atoms with van der Waals surface area (Å²) in [7, 11) is 0. The Labute approximate surface area is 126 Å². The second-order valence-electron chi connectivity index (χ2n) is 5.72. The van der Waals surface area contributed by atoms with Crippen molar-refractivity contribution in [3.63, 3.8) is 0 Å². The quantitative estimate of drug-likeness (QED) is 0.457. The van der Waals surface area contributed by atoms with Gasteiger partial charge in [0, 0.05) is 38.6 Å². The number of nitrogens with two attached hydrogens (primary N) is 2. The summed E-state index contributed by atoms with van der Waals surface area (Å²) in [5.41, 5.74) is 12.0. The van der Waals surface area contributed by atoms with Gasteiger partial charge in [-0.3, -0.25) is 4.90 Å². The lowest BCUT2D eigenvalue weighted by Gasteiger charge is -2.37. The summed E-state index contributed by atoms with van der Waals surface area (Å²) in [6.07, 6.45) is 4.39.